The van der Waals surface area contributed by atoms with Crippen LogP contribution in [0.5, 0.6) is 0 Å². The minimum Gasteiger partial charge on any atom is -0.350 e. The molecule has 2 aromatic rings. The van der Waals surface area contributed by atoms with Crippen molar-refractivity contribution in [2.45, 2.75) is 45.6 Å². The zero-order valence-electron chi connectivity index (χ0n) is 17.7. The van der Waals surface area contributed by atoms with E-state index in [1.54, 1.807) is 39.0 Å². The number of aryl methyl sites for hydroxylation is 2. The Balaban J connectivity index is 1.88. The molecule has 1 fully saturated rings. The van der Waals surface area contributed by atoms with Gasteiger partial charge in [-0.05, 0) is 55.7 Å². The quantitative estimate of drug-likeness (QED) is 0.528. The zero-order valence-corrected chi connectivity index (χ0v) is 18.4. The van der Waals surface area contributed by atoms with Gasteiger partial charge >= 0.3 is 0 Å². The Hall–Kier alpha value is -2.86. The molecule has 3 unspecified atom stereocenters. The smallest absolute Gasteiger partial charge is 0.221 e. The second kappa shape index (κ2) is 9.10. The Morgan fingerprint density at radius 1 is 1.32 bits per heavy atom. The third-order valence-corrected chi connectivity index (χ3v) is 5.80. The van der Waals surface area contributed by atoms with E-state index in [9.17, 15) is 18.8 Å². The van der Waals surface area contributed by atoms with E-state index < -0.39 is 17.7 Å². The molecule has 162 valence electrons. The third kappa shape index (κ3) is 4.74. The van der Waals surface area contributed by atoms with Crippen LogP contribution in [-0.4, -0.2) is 28.5 Å². The molecule has 1 aromatic heterocycles. The first kappa shape index (κ1) is 22.8. The van der Waals surface area contributed by atoms with Crippen molar-refractivity contribution in [1.29, 1.82) is 0 Å². The number of Topliss-reactive ketones (excluding diaryl/α,β-unsaturated/α-hetero) is 2. The Morgan fingerprint density at radius 3 is 2.55 bits per heavy atom. The van der Waals surface area contributed by atoms with Gasteiger partial charge in [-0.3, -0.25) is 19.4 Å². The summed E-state index contributed by atoms with van der Waals surface area (Å²) in [4.78, 5) is 42.1. The van der Waals surface area contributed by atoms with Gasteiger partial charge in [0.25, 0.3) is 0 Å². The van der Waals surface area contributed by atoms with E-state index in [4.69, 9.17) is 11.6 Å². The Morgan fingerprint density at radius 2 is 1.97 bits per heavy atom. The lowest BCUT2D eigenvalue weighted by molar-refractivity contribution is -0.128. The van der Waals surface area contributed by atoms with Gasteiger partial charge in [-0.2, -0.15) is 0 Å². The number of nitrogens with zero attached hydrogens (tertiary/aromatic N) is 1. The summed E-state index contributed by atoms with van der Waals surface area (Å²) < 4.78 is 14.3. The molecule has 3 atom stereocenters. The normalized spacial score (nSPS) is 19.4. The average molecular weight is 443 g/mol. The summed E-state index contributed by atoms with van der Waals surface area (Å²) in [5.41, 5.74) is 2.71. The first-order valence-corrected chi connectivity index (χ1v) is 10.4. The minimum absolute atomic E-state index is 0.0324. The highest BCUT2D eigenvalue weighted by molar-refractivity contribution is 6.30. The van der Waals surface area contributed by atoms with Gasteiger partial charge < -0.3 is 5.32 Å². The van der Waals surface area contributed by atoms with Crippen molar-refractivity contribution in [3.8, 4) is 11.3 Å². The van der Waals surface area contributed by atoms with Crippen molar-refractivity contribution < 1.29 is 18.8 Å². The molecule has 3 rings (SSSR count). The number of rotatable bonds is 6. The van der Waals surface area contributed by atoms with Crippen molar-refractivity contribution in [3.05, 3.63) is 64.6 Å². The van der Waals surface area contributed by atoms with Crippen LogP contribution in [-0.2, 0) is 14.4 Å². The molecule has 1 aliphatic rings. The molecule has 31 heavy (non-hydrogen) atoms. The van der Waals surface area contributed by atoms with E-state index in [0.717, 1.165) is 0 Å². The van der Waals surface area contributed by atoms with Gasteiger partial charge in [-0.1, -0.05) is 17.7 Å². The molecule has 0 radical (unpaired) electrons. The number of carbonyl (C=O) groups excluding carboxylic acids is 3. The standard InChI is InChI=1S/C24H24ClFN2O3/c1-5-14(4)28-20(30)9-16-8-19(29)22(24(16)31)21-12(2)6-15(7-13(21)3)23-18(26)10-17(25)11-27-23/h5-7,10-11,14,16,22H,1,8-9H2,2-4H3,(H,28,30). The number of halogens is 2. The van der Waals surface area contributed by atoms with Crippen LogP contribution in [0.2, 0.25) is 5.02 Å². The fourth-order valence-corrected chi connectivity index (χ4v) is 4.27. The van der Waals surface area contributed by atoms with Crippen molar-refractivity contribution in [3.63, 3.8) is 0 Å². The summed E-state index contributed by atoms with van der Waals surface area (Å²) in [6.07, 6.45) is 2.96. The summed E-state index contributed by atoms with van der Waals surface area (Å²) >= 11 is 5.79. The van der Waals surface area contributed by atoms with Crippen LogP contribution in [0.25, 0.3) is 11.3 Å². The Labute approximate surface area is 185 Å². The van der Waals surface area contributed by atoms with E-state index >= 15 is 0 Å². The summed E-state index contributed by atoms with van der Waals surface area (Å²) in [6.45, 7) is 8.96. The highest BCUT2D eigenvalue weighted by Gasteiger charge is 2.43. The third-order valence-electron chi connectivity index (χ3n) is 5.59. The van der Waals surface area contributed by atoms with Crippen molar-refractivity contribution in [2.24, 2.45) is 5.92 Å². The van der Waals surface area contributed by atoms with Crippen LogP contribution in [0, 0.1) is 25.6 Å². The maximum absolute atomic E-state index is 14.3. The first-order chi connectivity index (χ1) is 14.6. The molecule has 1 N–H and O–H groups in total. The number of pyridine rings is 1. The lowest BCUT2D eigenvalue weighted by atomic mass is 9.85. The molecular weight excluding hydrogens is 419 g/mol. The molecule has 1 amide bonds. The van der Waals surface area contributed by atoms with Crippen LogP contribution in [0.3, 0.4) is 0 Å². The maximum Gasteiger partial charge on any atom is 0.221 e. The van der Waals surface area contributed by atoms with Crippen LogP contribution in [0.15, 0.2) is 37.1 Å². The molecule has 1 heterocycles. The molecule has 0 aliphatic heterocycles. The fraction of sp³-hybridized carbons (Fsp3) is 0.333. The molecule has 5 nitrogen and oxygen atoms in total. The summed E-state index contributed by atoms with van der Waals surface area (Å²) in [5, 5.41) is 2.93. The predicted molar refractivity (Wildman–Crippen MR) is 117 cm³/mol. The van der Waals surface area contributed by atoms with Crippen LogP contribution >= 0.6 is 11.6 Å². The van der Waals surface area contributed by atoms with Crippen LogP contribution in [0.1, 0.15) is 42.4 Å². The van der Waals surface area contributed by atoms with Crippen LogP contribution in [0.4, 0.5) is 4.39 Å². The highest BCUT2D eigenvalue weighted by atomic mass is 35.5. The highest BCUT2D eigenvalue weighted by Crippen LogP contribution is 2.38. The van der Waals surface area contributed by atoms with E-state index in [1.807, 2.05) is 0 Å². The fourth-order valence-electron chi connectivity index (χ4n) is 4.12. The minimum atomic E-state index is -0.910. The van der Waals surface area contributed by atoms with E-state index in [2.05, 4.69) is 16.9 Å². The van der Waals surface area contributed by atoms with Gasteiger partial charge in [0.05, 0.1) is 5.02 Å². The lowest BCUT2D eigenvalue weighted by Crippen LogP contribution is -2.33. The lowest BCUT2D eigenvalue weighted by Gasteiger charge is -2.17. The molecule has 1 aromatic carbocycles. The molecule has 1 aliphatic carbocycles. The van der Waals surface area contributed by atoms with E-state index in [-0.39, 0.29) is 47.1 Å². The summed E-state index contributed by atoms with van der Waals surface area (Å²) in [5.74, 6) is -2.84. The van der Waals surface area contributed by atoms with Gasteiger partial charge in [-0.25, -0.2) is 4.39 Å². The van der Waals surface area contributed by atoms with E-state index in [1.165, 1.54) is 12.3 Å². The molecule has 0 saturated heterocycles. The zero-order chi connectivity index (χ0) is 22.9. The largest absolute Gasteiger partial charge is 0.350 e. The number of benzene rings is 1. The SMILES string of the molecule is C=CC(C)NC(=O)CC1CC(=O)C(c2c(C)cc(-c3ncc(Cl)cc3F)cc2C)C1=O. The van der Waals surface area contributed by atoms with Gasteiger partial charge in [0.15, 0.2) is 11.6 Å². The van der Waals surface area contributed by atoms with Gasteiger partial charge in [0, 0.05) is 36.6 Å². The maximum atomic E-state index is 14.3. The van der Waals surface area contributed by atoms with Crippen molar-refractivity contribution >= 4 is 29.1 Å². The number of carbonyl (C=O) groups is 3. The monoisotopic (exact) mass is 442 g/mol. The van der Waals surface area contributed by atoms with E-state index in [0.29, 0.717) is 22.3 Å². The number of aromatic nitrogens is 1. The molecule has 1 saturated carbocycles. The number of ketones is 2. The average Bonchev–Trinajstić information content (AvgIpc) is 2.94. The number of hydrogen-bond donors (Lipinski definition) is 1. The molecule has 7 heteroatoms. The molecular formula is C24H24ClFN2O3. The van der Waals surface area contributed by atoms with Gasteiger partial charge in [0.2, 0.25) is 5.91 Å². The number of amides is 1. The summed E-state index contributed by atoms with van der Waals surface area (Å²) in [6, 6.07) is 4.41. The summed E-state index contributed by atoms with van der Waals surface area (Å²) in [7, 11) is 0. The molecule has 0 spiro atoms. The number of nitrogens with one attached hydrogen (secondary N) is 1. The number of hydrogen-bond acceptors (Lipinski definition) is 4. The van der Waals surface area contributed by atoms with Gasteiger partial charge in [-0.15, -0.1) is 6.58 Å². The second-order valence-corrected chi connectivity index (χ2v) is 8.44. The Kier molecular flexibility index (Phi) is 6.70. The predicted octanol–water partition coefficient (Wildman–Crippen LogP) is 4.48. The van der Waals surface area contributed by atoms with Crippen molar-refractivity contribution in [2.75, 3.05) is 0 Å². The van der Waals surface area contributed by atoms with Gasteiger partial charge in [0.1, 0.15) is 17.4 Å². The first-order valence-electron chi connectivity index (χ1n) is 10.0. The second-order valence-electron chi connectivity index (χ2n) is 8.01. The molecule has 0 bridgehead atoms. The topological polar surface area (TPSA) is 76.1 Å². The van der Waals surface area contributed by atoms with Crippen LogP contribution < -0.4 is 5.32 Å². The van der Waals surface area contributed by atoms with Crippen molar-refractivity contribution in [1.82, 2.24) is 10.3 Å². The Bertz CT molecular complexity index is 1060.